The summed E-state index contributed by atoms with van der Waals surface area (Å²) < 4.78 is 22.7. The molecule has 1 aromatic heterocycles. The summed E-state index contributed by atoms with van der Waals surface area (Å²) in [6.45, 7) is 3.88. The van der Waals surface area contributed by atoms with Gasteiger partial charge >= 0.3 is 0 Å². The largest absolute Gasteiger partial charge is 0.348 e. The highest BCUT2D eigenvalue weighted by atomic mass is 32.2. The van der Waals surface area contributed by atoms with Gasteiger partial charge in [-0.3, -0.25) is 9.89 Å². The standard InChI is InChI=1S/C14H17N3O3S/c1-9-13(10(2)17-16-9)14(18)15-8-11-4-6-12(7-5-11)21(3,19)20/h4-7H,8H2,1-3H3,(H,15,18)(H,16,17). The van der Waals surface area contributed by atoms with Crippen LogP contribution in [0.4, 0.5) is 0 Å². The maximum atomic E-state index is 12.1. The predicted molar refractivity (Wildman–Crippen MR) is 78.8 cm³/mol. The number of hydrogen-bond acceptors (Lipinski definition) is 4. The Morgan fingerprint density at radius 3 is 2.33 bits per heavy atom. The molecule has 0 saturated carbocycles. The molecule has 112 valence electrons. The lowest BCUT2D eigenvalue weighted by Crippen LogP contribution is -2.23. The van der Waals surface area contributed by atoms with Crippen LogP contribution in [-0.4, -0.2) is 30.8 Å². The Morgan fingerprint density at radius 1 is 1.24 bits per heavy atom. The normalized spacial score (nSPS) is 11.4. The molecule has 7 heteroatoms. The lowest BCUT2D eigenvalue weighted by molar-refractivity contribution is 0.0949. The second-order valence-electron chi connectivity index (χ2n) is 4.91. The lowest BCUT2D eigenvalue weighted by Gasteiger charge is -2.06. The third-order valence-electron chi connectivity index (χ3n) is 3.16. The van der Waals surface area contributed by atoms with Gasteiger partial charge in [0.15, 0.2) is 9.84 Å². The fourth-order valence-electron chi connectivity index (χ4n) is 2.01. The summed E-state index contributed by atoms with van der Waals surface area (Å²) in [5.74, 6) is -0.203. The van der Waals surface area contributed by atoms with Crippen molar-refractivity contribution in [2.45, 2.75) is 25.3 Å². The minimum atomic E-state index is -3.20. The number of benzene rings is 1. The van der Waals surface area contributed by atoms with Gasteiger partial charge in [0.1, 0.15) is 0 Å². The number of H-pyrrole nitrogens is 1. The van der Waals surface area contributed by atoms with Crippen LogP contribution in [-0.2, 0) is 16.4 Å². The van der Waals surface area contributed by atoms with Gasteiger partial charge in [-0.05, 0) is 31.5 Å². The zero-order chi connectivity index (χ0) is 15.6. The lowest BCUT2D eigenvalue weighted by atomic mass is 10.1. The third-order valence-corrected chi connectivity index (χ3v) is 4.29. The monoisotopic (exact) mass is 307 g/mol. The Bertz CT molecular complexity index is 742. The molecule has 0 saturated heterocycles. The topological polar surface area (TPSA) is 91.9 Å². The summed E-state index contributed by atoms with van der Waals surface area (Å²) in [6, 6.07) is 6.44. The van der Waals surface area contributed by atoms with Crippen molar-refractivity contribution in [1.82, 2.24) is 15.5 Å². The fraction of sp³-hybridized carbons (Fsp3) is 0.286. The molecule has 0 aliphatic rings. The van der Waals surface area contributed by atoms with Crippen molar-refractivity contribution in [2.24, 2.45) is 0 Å². The first-order valence-corrected chi connectivity index (χ1v) is 8.27. The summed E-state index contributed by atoms with van der Waals surface area (Å²) in [5.41, 5.74) is 2.74. The van der Waals surface area contributed by atoms with E-state index in [0.29, 0.717) is 17.8 Å². The molecule has 1 heterocycles. The second kappa shape index (κ2) is 5.69. The number of aromatic amines is 1. The maximum Gasteiger partial charge on any atom is 0.255 e. The Balaban J connectivity index is 2.05. The number of nitrogens with one attached hydrogen (secondary N) is 2. The van der Waals surface area contributed by atoms with Gasteiger partial charge in [0.2, 0.25) is 0 Å². The van der Waals surface area contributed by atoms with E-state index in [1.165, 1.54) is 12.1 Å². The average Bonchev–Trinajstić information content (AvgIpc) is 2.75. The van der Waals surface area contributed by atoms with Gasteiger partial charge in [-0.25, -0.2) is 8.42 Å². The van der Waals surface area contributed by atoms with Gasteiger partial charge in [0.05, 0.1) is 16.2 Å². The van der Waals surface area contributed by atoms with Crippen molar-refractivity contribution in [3.05, 3.63) is 46.8 Å². The van der Waals surface area contributed by atoms with E-state index in [0.717, 1.165) is 17.5 Å². The Hall–Kier alpha value is -2.15. The third kappa shape index (κ3) is 3.49. The van der Waals surface area contributed by atoms with Crippen molar-refractivity contribution in [3.63, 3.8) is 0 Å². The molecule has 2 N–H and O–H groups in total. The van der Waals surface area contributed by atoms with E-state index in [-0.39, 0.29) is 10.8 Å². The fourth-order valence-corrected chi connectivity index (χ4v) is 2.64. The molecule has 0 radical (unpaired) electrons. The zero-order valence-corrected chi connectivity index (χ0v) is 12.9. The molecule has 0 atom stereocenters. The van der Waals surface area contributed by atoms with Crippen molar-refractivity contribution in [1.29, 1.82) is 0 Å². The Labute approximate surface area is 123 Å². The summed E-state index contributed by atoms with van der Waals surface area (Å²) in [6.07, 6.45) is 1.16. The molecule has 1 amide bonds. The van der Waals surface area contributed by atoms with E-state index in [1.807, 2.05) is 0 Å². The number of hydrogen-bond donors (Lipinski definition) is 2. The van der Waals surface area contributed by atoms with Crippen LogP contribution in [0.3, 0.4) is 0 Å². The molecule has 0 aliphatic heterocycles. The molecule has 0 aliphatic carbocycles. The summed E-state index contributed by atoms with van der Waals surface area (Å²) in [4.78, 5) is 12.3. The molecule has 0 bridgehead atoms. The van der Waals surface area contributed by atoms with Crippen LogP contribution < -0.4 is 5.32 Å². The number of carbonyl (C=O) groups is 1. The number of amides is 1. The molecule has 6 nitrogen and oxygen atoms in total. The molecular weight excluding hydrogens is 290 g/mol. The first kappa shape index (κ1) is 15.2. The van der Waals surface area contributed by atoms with Crippen LogP contribution in [0, 0.1) is 13.8 Å². The number of aryl methyl sites for hydroxylation is 2. The van der Waals surface area contributed by atoms with E-state index >= 15 is 0 Å². The highest BCUT2D eigenvalue weighted by Crippen LogP contribution is 2.12. The number of rotatable bonds is 4. The Morgan fingerprint density at radius 2 is 1.86 bits per heavy atom. The quantitative estimate of drug-likeness (QED) is 0.892. The van der Waals surface area contributed by atoms with Crippen molar-refractivity contribution in [3.8, 4) is 0 Å². The number of carbonyl (C=O) groups excluding carboxylic acids is 1. The summed E-state index contributed by atoms with van der Waals surface area (Å²) >= 11 is 0. The number of sulfone groups is 1. The molecule has 1 aromatic carbocycles. The van der Waals surface area contributed by atoms with Crippen LogP contribution in [0.1, 0.15) is 27.3 Å². The minimum Gasteiger partial charge on any atom is -0.348 e. The molecule has 0 unspecified atom stereocenters. The van der Waals surface area contributed by atoms with E-state index in [4.69, 9.17) is 0 Å². The zero-order valence-electron chi connectivity index (χ0n) is 12.1. The minimum absolute atomic E-state index is 0.203. The first-order chi connectivity index (χ1) is 9.79. The van der Waals surface area contributed by atoms with E-state index in [1.54, 1.807) is 26.0 Å². The van der Waals surface area contributed by atoms with Gasteiger partial charge in [0.25, 0.3) is 5.91 Å². The first-order valence-electron chi connectivity index (χ1n) is 6.38. The smallest absolute Gasteiger partial charge is 0.255 e. The van der Waals surface area contributed by atoms with E-state index < -0.39 is 9.84 Å². The van der Waals surface area contributed by atoms with E-state index in [9.17, 15) is 13.2 Å². The SMILES string of the molecule is Cc1n[nH]c(C)c1C(=O)NCc1ccc(S(C)(=O)=O)cc1. The molecule has 2 rings (SSSR count). The highest BCUT2D eigenvalue weighted by molar-refractivity contribution is 7.90. The second-order valence-corrected chi connectivity index (χ2v) is 6.92. The van der Waals surface area contributed by atoms with Gasteiger partial charge in [-0.1, -0.05) is 12.1 Å². The summed E-state index contributed by atoms with van der Waals surface area (Å²) in [7, 11) is -3.20. The number of nitrogens with zero attached hydrogens (tertiary/aromatic N) is 1. The molecular formula is C14H17N3O3S. The molecule has 21 heavy (non-hydrogen) atoms. The van der Waals surface area contributed by atoms with Crippen LogP contribution in [0.5, 0.6) is 0 Å². The van der Waals surface area contributed by atoms with Crippen LogP contribution in [0.2, 0.25) is 0 Å². The van der Waals surface area contributed by atoms with Gasteiger partial charge in [-0.15, -0.1) is 0 Å². The van der Waals surface area contributed by atoms with Crippen LogP contribution in [0.15, 0.2) is 29.2 Å². The van der Waals surface area contributed by atoms with Crippen molar-refractivity contribution < 1.29 is 13.2 Å². The van der Waals surface area contributed by atoms with Gasteiger partial charge in [0, 0.05) is 18.5 Å². The van der Waals surface area contributed by atoms with Gasteiger partial charge in [-0.2, -0.15) is 5.10 Å². The van der Waals surface area contributed by atoms with Crippen LogP contribution >= 0.6 is 0 Å². The highest BCUT2D eigenvalue weighted by Gasteiger charge is 2.14. The van der Waals surface area contributed by atoms with Gasteiger partial charge < -0.3 is 5.32 Å². The van der Waals surface area contributed by atoms with Crippen LogP contribution in [0.25, 0.3) is 0 Å². The molecule has 0 fully saturated rings. The maximum absolute atomic E-state index is 12.1. The average molecular weight is 307 g/mol. The predicted octanol–water partition coefficient (Wildman–Crippen LogP) is 1.36. The van der Waals surface area contributed by atoms with Crippen molar-refractivity contribution in [2.75, 3.05) is 6.26 Å². The number of aromatic nitrogens is 2. The Kier molecular flexibility index (Phi) is 4.13. The van der Waals surface area contributed by atoms with Crippen molar-refractivity contribution >= 4 is 15.7 Å². The summed E-state index contributed by atoms with van der Waals surface area (Å²) in [5, 5.41) is 9.53. The van der Waals surface area contributed by atoms with E-state index in [2.05, 4.69) is 15.5 Å². The molecule has 0 spiro atoms. The molecule has 2 aromatic rings.